The lowest BCUT2D eigenvalue weighted by Crippen LogP contribution is -2.24. The third-order valence-corrected chi connectivity index (χ3v) is 5.03. The first-order valence-electron chi connectivity index (χ1n) is 9.96. The van der Waals surface area contributed by atoms with Gasteiger partial charge in [-0.3, -0.25) is 4.79 Å². The van der Waals surface area contributed by atoms with Gasteiger partial charge in [-0.05, 0) is 60.2 Å². The van der Waals surface area contributed by atoms with Gasteiger partial charge in [0.25, 0.3) is 5.91 Å². The van der Waals surface area contributed by atoms with Gasteiger partial charge in [0.15, 0.2) is 0 Å². The smallest absolute Gasteiger partial charge is 0.255 e. The van der Waals surface area contributed by atoms with E-state index >= 15 is 0 Å². The van der Waals surface area contributed by atoms with E-state index in [4.69, 9.17) is 10.5 Å². The molecule has 1 amide bonds. The number of pyridine rings is 1. The van der Waals surface area contributed by atoms with Crippen LogP contribution in [0.25, 0.3) is 0 Å². The van der Waals surface area contributed by atoms with E-state index in [0.29, 0.717) is 18.0 Å². The second-order valence-electron chi connectivity index (χ2n) is 6.92. The van der Waals surface area contributed by atoms with Gasteiger partial charge in [-0.1, -0.05) is 44.2 Å². The molecular formula is C24H27N3O2. The highest BCUT2D eigenvalue weighted by Crippen LogP contribution is 2.34. The molecule has 150 valence electrons. The number of amides is 1. The average Bonchev–Trinajstić information content (AvgIpc) is 2.75. The molecule has 2 aromatic carbocycles. The molecule has 0 saturated carbocycles. The van der Waals surface area contributed by atoms with Crippen molar-refractivity contribution in [3.05, 3.63) is 83.6 Å². The summed E-state index contributed by atoms with van der Waals surface area (Å²) >= 11 is 0. The van der Waals surface area contributed by atoms with Crippen molar-refractivity contribution >= 4 is 11.7 Å². The molecule has 3 N–H and O–H groups in total. The largest absolute Gasteiger partial charge is 0.457 e. The molecule has 0 fully saturated rings. The van der Waals surface area contributed by atoms with Crippen molar-refractivity contribution in [3.63, 3.8) is 0 Å². The third kappa shape index (κ3) is 5.13. The lowest BCUT2D eigenvalue weighted by molar-refractivity contribution is 0.0951. The number of hydrogen-bond acceptors (Lipinski definition) is 4. The van der Waals surface area contributed by atoms with Gasteiger partial charge in [-0.2, -0.15) is 0 Å². The predicted molar refractivity (Wildman–Crippen MR) is 116 cm³/mol. The minimum absolute atomic E-state index is 0.227. The van der Waals surface area contributed by atoms with Gasteiger partial charge in [-0.25, -0.2) is 4.98 Å². The normalized spacial score (nSPS) is 10.7. The third-order valence-electron chi connectivity index (χ3n) is 5.03. The number of nitrogens with zero attached hydrogens (tertiary/aromatic N) is 1. The fourth-order valence-corrected chi connectivity index (χ4v) is 3.33. The quantitative estimate of drug-likeness (QED) is 0.549. The highest BCUT2D eigenvalue weighted by Gasteiger charge is 2.13. The van der Waals surface area contributed by atoms with E-state index in [1.807, 2.05) is 36.4 Å². The zero-order valence-electron chi connectivity index (χ0n) is 16.9. The van der Waals surface area contributed by atoms with Crippen LogP contribution in [-0.2, 0) is 6.54 Å². The van der Waals surface area contributed by atoms with E-state index in [1.165, 1.54) is 5.56 Å². The summed E-state index contributed by atoms with van der Waals surface area (Å²) in [5.41, 5.74) is 8.34. The monoisotopic (exact) mass is 389 g/mol. The van der Waals surface area contributed by atoms with Crippen LogP contribution >= 0.6 is 0 Å². The summed E-state index contributed by atoms with van der Waals surface area (Å²) in [5.74, 6) is 2.14. The number of rotatable bonds is 8. The molecule has 0 unspecified atom stereocenters. The fraction of sp³-hybridized carbons (Fsp3) is 0.250. The molecule has 5 nitrogen and oxygen atoms in total. The molecule has 0 radical (unpaired) electrons. The Kier molecular flexibility index (Phi) is 6.85. The number of carbonyl (C=O) groups excluding carboxylic acids is 1. The number of nitrogens with one attached hydrogen (secondary N) is 1. The van der Waals surface area contributed by atoms with Crippen LogP contribution in [0.2, 0.25) is 0 Å². The predicted octanol–water partition coefficient (Wildman–Crippen LogP) is 5.29. The lowest BCUT2D eigenvalue weighted by Gasteiger charge is -2.18. The van der Waals surface area contributed by atoms with Gasteiger partial charge in [0.2, 0.25) is 0 Å². The van der Waals surface area contributed by atoms with Crippen molar-refractivity contribution in [2.45, 2.75) is 39.2 Å². The van der Waals surface area contributed by atoms with Crippen molar-refractivity contribution in [2.75, 3.05) is 5.73 Å². The van der Waals surface area contributed by atoms with Crippen molar-refractivity contribution in [1.82, 2.24) is 10.3 Å². The Labute approximate surface area is 171 Å². The molecule has 3 aromatic rings. The summed E-state index contributed by atoms with van der Waals surface area (Å²) in [4.78, 5) is 16.2. The number of nitrogens with two attached hydrogens (primary N) is 1. The number of hydrogen-bond donors (Lipinski definition) is 2. The fourth-order valence-electron chi connectivity index (χ4n) is 3.33. The zero-order valence-corrected chi connectivity index (χ0v) is 16.9. The molecule has 3 rings (SSSR count). The molecule has 0 saturated heterocycles. The summed E-state index contributed by atoms with van der Waals surface area (Å²) in [6, 6.07) is 19.3. The van der Waals surface area contributed by atoms with Crippen LogP contribution in [0.4, 0.5) is 5.82 Å². The van der Waals surface area contributed by atoms with Crippen LogP contribution in [0.5, 0.6) is 11.5 Å². The minimum Gasteiger partial charge on any atom is -0.457 e. The van der Waals surface area contributed by atoms with Crippen LogP contribution in [0.3, 0.4) is 0 Å². The van der Waals surface area contributed by atoms with E-state index in [9.17, 15) is 4.79 Å². The zero-order chi connectivity index (χ0) is 20.6. The van der Waals surface area contributed by atoms with E-state index in [1.54, 1.807) is 18.3 Å². The summed E-state index contributed by atoms with van der Waals surface area (Å²) in [6.07, 6.45) is 3.72. The van der Waals surface area contributed by atoms with Gasteiger partial charge in [0.05, 0.1) is 5.56 Å². The Bertz CT molecular complexity index is 950. The SMILES string of the molecule is CCC(CC)c1ccccc1Oc1ccc(CNC(=O)c2cccnc2N)cc1. The number of carbonyl (C=O) groups is 1. The molecule has 5 heteroatoms. The summed E-state index contributed by atoms with van der Waals surface area (Å²) in [5, 5.41) is 2.86. The summed E-state index contributed by atoms with van der Waals surface area (Å²) < 4.78 is 6.15. The second kappa shape index (κ2) is 9.73. The molecule has 0 aliphatic rings. The first-order chi connectivity index (χ1) is 14.1. The topological polar surface area (TPSA) is 77.2 Å². The maximum absolute atomic E-state index is 12.2. The Morgan fingerprint density at radius 1 is 1.03 bits per heavy atom. The molecule has 0 aliphatic heterocycles. The van der Waals surface area contributed by atoms with Gasteiger partial charge >= 0.3 is 0 Å². The maximum atomic E-state index is 12.2. The van der Waals surface area contributed by atoms with Gasteiger partial charge < -0.3 is 15.8 Å². The molecule has 0 bridgehead atoms. The first-order valence-corrected chi connectivity index (χ1v) is 9.96. The number of benzene rings is 2. The number of para-hydroxylation sites is 1. The second-order valence-corrected chi connectivity index (χ2v) is 6.92. The van der Waals surface area contributed by atoms with Crippen LogP contribution in [0.15, 0.2) is 66.9 Å². The Hall–Kier alpha value is -3.34. The average molecular weight is 389 g/mol. The van der Waals surface area contributed by atoms with Crippen LogP contribution in [0.1, 0.15) is 54.1 Å². The Balaban J connectivity index is 1.64. The number of anilines is 1. The molecule has 0 aliphatic carbocycles. The summed E-state index contributed by atoms with van der Waals surface area (Å²) in [6.45, 7) is 4.80. The van der Waals surface area contributed by atoms with E-state index in [2.05, 4.69) is 36.3 Å². The van der Waals surface area contributed by atoms with Crippen molar-refractivity contribution < 1.29 is 9.53 Å². The van der Waals surface area contributed by atoms with Gasteiger partial charge in [-0.15, -0.1) is 0 Å². The van der Waals surface area contributed by atoms with Gasteiger partial charge in [0, 0.05) is 12.7 Å². The van der Waals surface area contributed by atoms with Crippen molar-refractivity contribution in [2.24, 2.45) is 0 Å². The molecule has 29 heavy (non-hydrogen) atoms. The molecule has 1 heterocycles. The van der Waals surface area contributed by atoms with Gasteiger partial charge in [0.1, 0.15) is 17.3 Å². The van der Waals surface area contributed by atoms with Crippen molar-refractivity contribution in [3.8, 4) is 11.5 Å². The maximum Gasteiger partial charge on any atom is 0.255 e. The van der Waals surface area contributed by atoms with Crippen LogP contribution in [-0.4, -0.2) is 10.9 Å². The summed E-state index contributed by atoms with van der Waals surface area (Å²) in [7, 11) is 0. The highest BCUT2D eigenvalue weighted by atomic mass is 16.5. The van der Waals surface area contributed by atoms with E-state index in [-0.39, 0.29) is 11.7 Å². The minimum atomic E-state index is -0.241. The molecule has 1 aromatic heterocycles. The van der Waals surface area contributed by atoms with E-state index < -0.39 is 0 Å². The highest BCUT2D eigenvalue weighted by molar-refractivity contribution is 5.98. The number of nitrogen functional groups attached to an aromatic ring is 1. The van der Waals surface area contributed by atoms with Crippen molar-refractivity contribution in [1.29, 1.82) is 0 Å². The number of aromatic nitrogens is 1. The van der Waals surface area contributed by atoms with E-state index in [0.717, 1.165) is 29.9 Å². The Morgan fingerprint density at radius 3 is 2.45 bits per heavy atom. The molecular weight excluding hydrogens is 362 g/mol. The number of ether oxygens (including phenoxy) is 1. The standard InChI is InChI=1S/C24H27N3O2/c1-3-18(4-2)20-8-5-6-10-22(20)29-19-13-11-17(12-14-19)16-27-24(28)21-9-7-15-26-23(21)25/h5-15,18H,3-4,16H2,1-2H3,(H2,25,26)(H,27,28). The molecule has 0 atom stereocenters. The van der Waals surface area contributed by atoms with Crippen LogP contribution in [0, 0.1) is 0 Å². The molecule has 0 spiro atoms. The lowest BCUT2D eigenvalue weighted by atomic mass is 9.93. The Morgan fingerprint density at radius 2 is 1.76 bits per heavy atom. The first kappa shape index (κ1) is 20.4. The van der Waals surface area contributed by atoms with Crippen LogP contribution < -0.4 is 15.8 Å².